The molecule has 0 aromatic carbocycles. The Morgan fingerprint density at radius 2 is 1.80 bits per heavy atom. The molecule has 0 aliphatic carbocycles. The van der Waals surface area contributed by atoms with E-state index in [0.717, 1.165) is 0 Å². The Bertz CT molecular complexity index is 208. The Hall–Kier alpha value is -0.810. The van der Waals surface area contributed by atoms with Gasteiger partial charge in [0, 0.05) is 13.0 Å². The molecule has 0 unspecified atom stereocenters. The lowest BCUT2D eigenvalue weighted by molar-refractivity contribution is -0.0951. The zero-order valence-electron chi connectivity index (χ0n) is 10.1. The highest BCUT2D eigenvalue weighted by Gasteiger charge is 2.22. The lowest BCUT2D eigenvalue weighted by atomic mass is 10.1. The number of hydroxylamine groups is 1. The van der Waals surface area contributed by atoms with Gasteiger partial charge in [-0.2, -0.15) is 5.48 Å². The first-order valence-electron chi connectivity index (χ1n) is 4.94. The Morgan fingerprint density at radius 3 is 2.20 bits per heavy atom. The van der Waals surface area contributed by atoms with Crippen LogP contribution in [0.5, 0.6) is 0 Å². The highest BCUT2D eigenvalue weighted by atomic mass is 16.7. The van der Waals surface area contributed by atoms with Crippen LogP contribution < -0.4 is 5.48 Å². The molecule has 0 rings (SSSR count). The molecule has 0 fully saturated rings. The second-order valence-electron chi connectivity index (χ2n) is 4.94. The smallest absolute Gasteiger partial charge is 0.431 e. The van der Waals surface area contributed by atoms with Crippen LogP contribution in [-0.2, 0) is 9.57 Å². The summed E-state index contributed by atoms with van der Waals surface area (Å²) >= 11 is 0. The van der Waals surface area contributed by atoms with Gasteiger partial charge in [-0.05, 0) is 34.6 Å². The van der Waals surface area contributed by atoms with Gasteiger partial charge in [0.05, 0.1) is 5.60 Å². The molecule has 0 saturated carbocycles. The Balaban J connectivity index is 3.90. The third-order valence-electron chi connectivity index (χ3n) is 1.52. The van der Waals surface area contributed by atoms with Crippen molar-refractivity contribution in [2.45, 2.75) is 52.2 Å². The van der Waals surface area contributed by atoms with E-state index in [1.807, 2.05) is 0 Å². The topological polar surface area (TPSA) is 67.8 Å². The largest absolute Gasteiger partial charge is 0.442 e. The lowest BCUT2D eigenvalue weighted by Gasteiger charge is -2.25. The zero-order valence-corrected chi connectivity index (χ0v) is 10.1. The van der Waals surface area contributed by atoms with E-state index >= 15 is 0 Å². The van der Waals surface area contributed by atoms with Gasteiger partial charge in [-0.3, -0.25) is 4.84 Å². The van der Waals surface area contributed by atoms with E-state index in [4.69, 9.17) is 14.7 Å². The predicted molar refractivity (Wildman–Crippen MR) is 56.2 cm³/mol. The lowest BCUT2D eigenvalue weighted by Crippen LogP contribution is -2.39. The van der Waals surface area contributed by atoms with Crippen molar-refractivity contribution in [1.29, 1.82) is 0 Å². The standard InChI is InChI=1S/C10H21NO4/c1-9(2,3)14-8(13)11-15-10(4,5)6-7-12/h12H,6-7H2,1-5H3,(H,11,13). The van der Waals surface area contributed by atoms with Crippen LogP contribution in [0.2, 0.25) is 0 Å². The summed E-state index contributed by atoms with van der Waals surface area (Å²) in [6.45, 7) is 8.84. The summed E-state index contributed by atoms with van der Waals surface area (Å²) in [5.74, 6) is 0. The van der Waals surface area contributed by atoms with Crippen LogP contribution in [0.15, 0.2) is 0 Å². The monoisotopic (exact) mass is 219 g/mol. The maximum Gasteiger partial charge on any atom is 0.431 e. The van der Waals surface area contributed by atoms with Crippen molar-refractivity contribution in [3.63, 3.8) is 0 Å². The number of carbonyl (C=O) groups is 1. The first-order valence-corrected chi connectivity index (χ1v) is 4.94. The number of nitrogens with one attached hydrogen (secondary N) is 1. The Labute approximate surface area is 90.7 Å². The molecule has 0 aliphatic heterocycles. The zero-order chi connectivity index (χ0) is 12.1. The molecular formula is C10H21NO4. The van der Waals surface area contributed by atoms with Crippen molar-refractivity contribution < 1.29 is 19.5 Å². The first kappa shape index (κ1) is 14.2. The fourth-order valence-corrected chi connectivity index (χ4v) is 0.799. The maximum atomic E-state index is 11.2. The second kappa shape index (κ2) is 5.32. The molecule has 0 spiro atoms. The number of rotatable bonds is 4. The van der Waals surface area contributed by atoms with E-state index in [2.05, 4.69) is 5.48 Å². The van der Waals surface area contributed by atoms with Crippen molar-refractivity contribution in [1.82, 2.24) is 5.48 Å². The van der Waals surface area contributed by atoms with Gasteiger partial charge in [0.2, 0.25) is 0 Å². The molecule has 0 aromatic rings. The minimum Gasteiger partial charge on any atom is -0.442 e. The number of ether oxygens (including phenoxy) is 1. The molecule has 15 heavy (non-hydrogen) atoms. The van der Waals surface area contributed by atoms with E-state index in [1.165, 1.54) is 0 Å². The van der Waals surface area contributed by atoms with Gasteiger partial charge in [0.25, 0.3) is 0 Å². The highest BCUT2D eigenvalue weighted by molar-refractivity contribution is 5.66. The average molecular weight is 219 g/mol. The van der Waals surface area contributed by atoms with Crippen LogP contribution in [0.4, 0.5) is 4.79 Å². The summed E-state index contributed by atoms with van der Waals surface area (Å²) in [7, 11) is 0. The van der Waals surface area contributed by atoms with Crippen LogP contribution in [-0.4, -0.2) is 29.0 Å². The van der Waals surface area contributed by atoms with Crippen molar-refractivity contribution in [3.05, 3.63) is 0 Å². The SMILES string of the molecule is CC(C)(C)OC(=O)NOC(C)(C)CCO. The molecule has 0 radical (unpaired) electrons. The molecule has 0 aromatic heterocycles. The third-order valence-corrected chi connectivity index (χ3v) is 1.52. The minimum absolute atomic E-state index is 0.00297. The third kappa shape index (κ3) is 8.20. The van der Waals surface area contributed by atoms with Gasteiger partial charge >= 0.3 is 6.09 Å². The number of carbonyl (C=O) groups excluding carboxylic acids is 1. The fraction of sp³-hybridized carbons (Fsp3) is 0.900. The molecule has 0 heterocycles. The maximum absolute atomic E-state index is 11.2. The van der Waals surface area contributed by atoms with Crippen LogP contribution >= 0.6 is 0 Å². The van der Waals surface area contributed by atoms with Gasteiger partial charge in [0.15, 0.2) is 0 Å². The summed E-state index contributed by atoms with van der Waals surface area (Å²) in [5, 5.41) is 8.73. The average Bonchev–Trinajstić information content (AvgIpc) is 1.98. The number of aliphatic hydroxyl groups excluding tert-OH is 1. The van der Waals surface area contributed by atoms with Crippen LogP contribution in [0.3, 0.4) is 0 Å². The summed E-state index contributed by atoms with van der Waals surface area (Å²) < 4.78 is 4.97. The van der Waals surface area contributed by atoms with Crippen molar-refractivity contribution in [3.8, 4) is 0 Å². The van der Waals surface area contributed by atoms with E-state index in [1.54, 1.807) is 34.6 Å². The normalized spacial score (nSPS) is 12.4. The van der Waals surface area contributed by atoms with E-state index in [0.29, 0.717) is 6.42 Å². The summed E-state index contributed by atoms with van der Waals surface area (Å²) in [6, 6.07) is 0. The van der Waals surface area contributed by atoms with Crippen LogP contribution in [0.25, 0.3) is 0 Å². The number of hydrogen-bond acceptors (Lipinski definition) is 4. The molecule has 2 N–H and O–H groups in total. The number of hydrogen-bond donors (Lipinski definition) is 2. The highest BCUT2D eigenvalue weighted by Crippen LogP contribution is 2.12. The minimum atomic E-state index is -0.631. The van der Waals surface area contributed by atoms with Crippen molar-refractivity contribution in [2.75, 3.05) is 6.61 Å². The van der Waals surface area contributed by atoms with Crippen LogP contribution in [0.1, 0.15) is 41.0 Å². The molecule has 5 heteroatoms. The molecule has 0 bridgehead atoms. The summed E-state index contributed by atoms with van der Waals surface area (Å²) in [6.07, 6.45) is -0.198. The van der Waals surface area contributed by atoms with Gasteiger partial charge < -0.3 is 9.84 Å². The van der Waals surface area contributed by atoms with Gasteiger partial charge in [0.1, 0.15) is 5.60 Å². The van der Waals surface area contributed by atoms with Crippen molar-refractivity contribution >= 4 is 6.09 Å². The van der Waals surface area contributed by atoms with Gasteiger partial charge in [-0.25, -0.2) is 4.79 Å². The molecule has 1 amide bonds. The fourth-order valence-electron chi connectivity index (χ4n) is 0.799. The van der Waals surface area contributed by atoms with E-state index < -0.39 is 17.3 Å². The second-order valence-corrected chi connectivity index (χ2v) is 4.94. The number of aliphatic hydroxyl groups is 1. The molecule has 0 aliphatic rings. The Morgan fingerprint density at radius 1 is 1.27 bits per heavy atom. The van der Waals surface area contributed by atoms with Gasteiger partial charge in [-0.1, -0.05) is 0 Å². The molecular weight excluding hydrogens is 198 g/mol. The summed E-state index contributed by atoms with van der Waals surface area (Å²) in [4.78, 5) is 16.3. The van der Waals surface area contributed by atoms with Gasteiger partial charge in [-0.15, -0.1) is 0 Å². The van der Waals surface area contributed by atoms with Crippen molar-refractivity contribution in [2.24, 2.45) is 0 Å². The predicted octanol–water partition coefficient (Wildman–Crippen LogP) is 1.60. The summed E-state index contributed by atoms with van der Waals surface area (Å²) in [5.41, 5.74) is 1.04. The molecule has 90 valence electrons. The Kier molecular flexibility index (Phi) is 5.03. The van der Waals surface area contributed by atoms with Crippen LogP contribution in [0, 0.1) is 0 Å². The van der Waals surface area contributed by atoms with E-state index in [9.17, 15) is 4.79 Å². The number of amides is 1. The quantitative estimate of drug-likeness (QED) is 0.705. The first-order chi connectivity index (χ1) is 6.66. The molecule has 5 nitrogen and oxygen atoms in total. The molecule has 0 saturated heterocycles. The molecule has 0 atom stereocenters. The van der Waals surface area contributed by atoms with E-state index in [-0.39, 0.29) is 6.61 Å².